The van der Waals surface area contributed by atoms with Crippen LogP contribution in [0.15, 0.2) is 18.2 Å². The molecule has 0 saturated carbocycles. The van der Waals surface area contributed by atoms with Gasteiger partial charge in [0.2, 0.25) is 0 Å². The Balaban J connectivity index is 2.66. The van der Waals surface area contributed by atoms with Gasteiger partial charge in [-0.05, 0) is 26.8 Å². The molecule has 0 spiro atoms. The van der Waals surface area contributed by atoms with Gasteiger partial charge in [-0.1, -0.05) is 23.7 Å². The first-order valence-corrected chi connectivity index (χ1v) is 7.19. The predicted octanol–water partition coefficient (Wildman–Crippen LogP) is 2.27. The van der Waals surface area contributed by atoms with Gasteiger partial charge in [-0.25, -0.2) is 4.79 Å². The number of aliphatic hydroxyl groups excluding tert-OH is 2. The fourth-order valence-electron chi connectivity index (χ4n) is 1.73. The average molecular weight is 332 g/mol. The van der Waals surface area contributed by atoms with E-state index in [1.807, 2.05) is 0 Å². The third kappa shape index (κ3) is 5.36. The normalized spacial score (nSPS) is 14.1. The summed E-state index contributed by atoms with van der Waals surface area (Å²) in [6.07, 6.45) is -3.18. The van der Waals surface area contributed by atoms with Crippen molar-refractivity contribution in [2.24, 2.45) is 0 Å². The Morgan fingerprint density at radius 1 is 1.36 bits per heavy atom. The minimum absolute atomic E-state index is 0.177. The van der Waals surface area contributed by atoms with Gasteiger partial charge in [0, 0.05) is 12.1 Å². The van der Waals surface area contributed by atoms with Crippen LogP contribution in [0.4, 0.5) is 4.79 Å². The second-order valence-corrected chi connectivity index (χ2v) is 6.14. The molecule has 0 aliphatic heterocycles. The third-order valence-electron chi connectivity index (χ3n) is 2.75. The van der Waals surface area contributed by atoms with Crippen LogP contribution < -0.4 is 10.1 Å². The molecule has 124 valence electrons. The van der Waals surface area contributed by atoms with Gasteiger partial charge in [-0.2, -0.15) is 0 Å². The lowest BCUT2D eigenvalue weighted by Gasteiger charge is -2.23. The van der Waals surface area contributed by atoms with Gasteiger partial charge in [0.05, 0.1) is 12.1 Å². The molecule has 6 nitrogen and oxygen atoms in total. The van der Waals surface area contributed by atoms with Crippen molar-refractivity contribution in [2.75, 3.05) is 13.7 Å². The number of rotatable bonds is 5. The molecule has 0 aliphatic rings. The lowest BCUT2D eigenvalue weighted by atomic mass is 10.0. The standard InChI is InChI=1S/C15H22ClNO5/c1-15(2,3)22-14(20)17-8-10(18)13(19)9-6-5-7-11(21-4)12(9)16/h5-7,10,13,18-19H,8H2,1-4H3,(H,17,20). The van der Waals surface area contributed by atoms with Crippen LogP contribution in [0.1, 0.15) is 32.4 Å². The fraction of sp³-hybridized carbons (Fsp3) is 0.533. The Morgan fingerprint density at radius 2 is 2.00 bits per heavy atom. The van der Waals surface area contributed by atoms with Crippen LogP contribution in [0.25, 0.3) is 0 Å². The highest BCUT2D eigenvalue weighted by Gasteiger charge is 2.24. The van der Waals surface area contributed by atoms with Crippen molar-refractivity contribution in [3.8, 4) is 5.75 Å². The molecule has 0 saturated heterocycles. The molecule has 2 atom stereocenters. The van der Waals surface area contributed by atoms with E-state index in [4.69, 9.17) is 21.1 Å². The zero-order chi connectivity index (χ0) is 16.9. The van der Waals surface area contributed by atoms with E-state index in [0.717, 1.165) is 0 Å². The summed E-state index contributed by atoms with van der Waals surface area (Å²) in [5, 5.41) is 22.7. The van der Waals surface area contributed by atoms with Crippen molar-refractivity contribution in [3.63, 3.8) is 0 Å². The van der Waals surface area contributed by atoms with Crippen LogP contribution in [0.2, 0.25) is 5.02 Å². The second-order valence-electron chi connectivity index (χ2n) is 5.76. The van der Waals surface area contributed by atoms with Crippen molar-refractivity contribution >= 4 is 17.7 Å². The van der Waals surface area contributed by atoms with Crippen LogP contribution in [0.3, 0.4) is 0 Å². The summed E-state index contributed by atoms with van der Waals surface area (Å²) in [7, 11) is 1.46. The topological polar surface area (TPSA) is 88.0 Å². The number of ether oxygens (including phenoxy) is 2. The summed E-state index contributed by atoms with van der Waals surface area (Å²) in [4.78, 5) is 11.5. The number of carbonyl (C=O) groups is 1. The number of methoxy groups -OCH3 is 1. The van der Waals surface area contributed by atoms with E-state index in [2.05, 4.69) is 5.32 Å². The summed E-state index contributed by atoms with van der Waals surface area (Å²) in [5.41, 5.74) is -0.316. The van der Waals surface area contributed by atoms with Crippen LogP contribution in [0.5, 0.6) is 5.75 Å². The quantitative estimate of drug-likeness (QED) is 0.770. The number of amides is 1. The van der Waals surface area contributed by atoms with Crippen molar-refractivity contribution in [2.45, 2.75) is 38.6 Å². The molecule has 0 fully saturated rings. The largest absolute Gasteiger partial charge is 0.495 e. The highest BCUT2D eigenvalue weighted by atomic mass is 35.5. The SMILES string of the molecule is COc1cccc(C(O)C(O)CNC(=O)OC(C)(C)C)c1Cl. The molecule has 0 radical (unpaired) electrons. The zero-order valence-electron chi connectivity index (χ0n) is 13.1. The minimum atomic E-state index is -1.27. The van der Waals surface area contributed by atoms with Gasteiger partial charge in [-0.15, -0.1) is 0 Å². The summed E-state index contributed by atoms with van der Waals surface area (Å²) >= 11 is 6.09. The molecule has 0 aromatic heterocycles. The maximum atomic E-state index is 11.5. The van der Waals surface area contributed by atoms with Crippen molar-refractivity contribution in [3.05, 3.63) is 28.8 Å². The van der Waals surface area contributed by atoms with Gasteiger partial charge < -0.3 is 25.0 Å². The first-order valence-electron chi connectivity index (χ1n) is 6.81. The second kappa shape index (κ2) is 7.67. The Hall–Kier alpha value is -1.50. The highest BCUT2D eigenvalue weighted by Crippen LogP contribution is 2.32. The first kappa shape index (κ1) is 18.5. The fourth-order valence-corrected chi connectivity index (χ4v) is 2.05. The monoisotopic (exact) mass is 331 g/mol. The predicted molar refractivity (Wildman–Crippen MR) is 83.2 cm³/mol. The summed E-state index contributed by atoms with van der Waals surface area (Å²) in [5.74, 6) is 0.394. The molecule has 1 amide bonds. The van der Waals surface area contributed by atoms with E-state index in [0.29, 0.717) is 11.3 Å². The number of alkyl carbamates (subject to hydrolysis) is 1. The smallest absolute Gasteiger partial charge is 0.407 e. The number of aliphatic hydroxyl groups is 2. The summed E-state index contributed by atoms with van der Waals surface area (Å²) in [6, 6.07) is 4.87. The molecule has 2 unspecified atom stereocenters. The molecule has 1 aromatic rings. The molecule has 22 heavy (non-hydrogen) atoms. The molecule has 0 aliphatic carbocycles. The molecule has 3 N–H and O–H groups in total. The average Bonchev–Trinajstić information content (AvgIpc) is 2.42. The van der Waals surface area contributed by atoms with E-state index in [1.165, 1.54) is 7.11 Å². The van der Waals surface area contributed by atoms with E-state index in [9.17, 15) is 15.0 Å². The number of nitrogens with one attached hydrogen (secondary N) is 1. The number of benzene rings is 1. The number of halogens is 1. The Bertz CT molecular complexity index is 515. The Kier molecular flexibility index (Phi) is 6.47. The van der Waals surface area contributed by atoms with Crippen LogP contribution in [0, 0.1) is 0 Å². The van der Waals surface area contributed by atoms with Gasteiger partial charge in [-0.3, -0.25) is 0 Å². The first-order chi connectivity index (χ1) is 10.2. The van der Waals surface area contributed by atoms with E-state index >= 15 is 0 Å². The number of hydrogen-bond donors (Lipinski definition) is 3. The van der Waals surface area contributed by atoms with E-state index in [1.54, 1.807) is 39.0 Å². The number of hydrogen-bond acceptors (Lipinski definition) is 5. The third-order valence-corrected chi connectivity index (χ3v) is 3.16. The van der Waals surface area contributed by atoms with Gasteiger partial charge in [0.1, 0.15) is 23.6 Å². The van der Waals surface area contributed by atoms with Gasteiger partial charge >= 0.3 is 6.09 Å². The summed E-state index contributed by atoms with van der Waals surface area (Å²) < 4.78 is 10.1. The van der Waals surface area contributed by atoms with Crippen LogP contribution in [-0.4, -0.2) is 41.7 Å². The molecule has 1 aromatic carbocycles. The number of carbonyl (C=O) groups excluding carboxylic acids is 1. The van der Waals surface area contributed by atoms with E-state index in [-0.39, 0.29) is 11.6 Å². The lowest BCUT2D eigenvalue weighted by Crippen LogP contribution is -2.38. The van der Waals surface area contributed by atoms with Gasteiger partial charge in [0.25, 0.3) is 0 Å². The van der Waals surface area contributed by atoms with Crippen LogP contribution >= 0.6 is 11.6 Å². The van der Waals surface area contributed by atoms with E-state index < -0.39 is 23.9 Å². The lowest BCUT2D eigenvalue weighted by molar-refractivity contribution is 0.0129. The minimum Gasteiger partial charge on any atom is -0.495 e. The molecular weight excluding hydrogens is 310 g/mol. The summed E-state index contributed by atoms with van der Waals surface area (Å²) in [6.45, 7) is 5.01. The van der Waals surface area contributed by atoms with Gasteiger partial charge in [0.15, 0.2) is 0 Å². The van der Waals surface area contributed by atoms with Crippen LogP contribution in [-0.2, 0) is 4.74 Å². The molecule has 0 heterocycles. The molecular formula is C15H22ClNO5. The Morgan fingerprint density at radius 3 is 2.55 bits per heavy atom. The van der Waals surface area contributed by atoms with Crippen molar-refractivity contribution in [1.82, 2.24) is 5.32 Å². The molecule has 1 rings (SSSR count). The Labute approximate surface area is 135 Å². The highest BCUT2D eigenvalue weighted by molar-refractivity contribution is 6.32. The maximum absolute atomic E-state index is 11.5. The maximum Gasteiger partial charge on any atom is 0.407 e. The molecule has 0 bridgehead atoms. The molecule has 7 heteroatoms. The zero-order valence-corrected chi connectivity index (χ0v) is 13.8. The van der Waals surface area contributed by atoms with Crippen molar-refractivity contribution in [1.29, 1.82) is 0 Å². The van der Waals surface area contributed by atoms with Crippen molar-refractivity contribution < 1.29 is 24.5 Å².